The second kappa shape index (κ2) is 8.96. The monoisotopic (exact) mass is 475 g/mol. The predicted molar refractivity (Wildman–Crippen MR) is 121 cm³/mol. The summed E-state index contributed by atoms with van der Waals surface area (Å²) in [7, 11) is -3.57. The zero-order chi connectivity index (χ0) is 22.9. The SMILES string of the molecule is CC(=O)NCc1ccc(S(=O)(=O)N2CCN(c3cc(-n4cnc(C)c4C)ncn3)CC2)s1. The van der Waals surface area contributed by atoms with Gasteiger partial charge in [0, 0.05) is 49.7 Å². The van der Waals surface area contributed by atoms with E-state index in [4.69, 9.17) is 0 Å². The van der Waals surface area contributed by atoms with Crippen LogP contribution in [0.25, 0.3) is 5.82 Å². The topological polar surface area (TPSA) is 113 Å². The van der Waals surface area contributed by atoms with Gasteiger partial charge < -0.3 is 10.2 Å². The number of anilines is 1. The van der Waals surface area contributed by atoms with Crippen LogP contribution in [0.2, 0.25) is 0 Å². The molecule has 4 rings (SSSR count). The van der Waals surface area contributed by atoms with Crippen LogP contribution in [0.1, 0.15) is 23.2 Å². The average Bonchev–Trinajstić information content (AvgIpc) is 3.40. The molecule has 10 nitrogen and oxygen atoms in total. The van der Waals surface area contributed by atoms with Crippen LogP contribution < -0.4 is 10.2 Å². The van der Waals surface area contributed by atoms with Gasteiger partial charge in [-0.1, -0.05) is 0 Å². The van der Waals surface area contributed by atoms with Gasteiger partial charge in [0.1, 0.15) is 28.5 Å². The van der Waals surface area contributed by atoms with Crippen molar-refractivity contribution in [3.63, 3.8) is 0 Å². The minimum Gasteiger partial charge on any atom is -0.354 e. The van der Waals surface area contributed by atoms with Crippen LogP contribution in [0, 0.1) is 13.8 Å². The van der Waals surface area contributed by atoms with E-state index in [0.717, 1.165) is 27.9 Å². The average molecular weight is 476 g/mol. The number of hydrogen-bond donors (Lipinski definition) is 1. The molecule has 1 aliphatic rings. The molecule has 12 heteroatoms. The number of carbonyl (C=O) groups is 1. The number of nitrogens with zero attached hydrogens (tertiary/aromatic N) is 6. The lowest BCUT2D eigenvalue weighted by Gasteiger charge is -2.34. The normalized spacial score (nSPS) is 15.2. The van der Waals surface area contributed by atoms with Gasteiger partial charge in [-0.25, -0.2) is 23.4 Å². The van der Waals surface area contributed by atoms with E-state index in [-0.39, 0.29) is 5.91 Å². The van der Waals surface area contributed by atoms with Crippen LogP contribution in [0.4, 0.5) is 5.82 Å². The van der Waals surface area contributed by atoms with Crippen LogP contribution in [-0.4, -0.2) is 64.3 Å². The Morgan fingerprint density at radius 2 is 1.81 bits per heavy atom. The smallest absolute Gasteiger partial charge is 0.252 e. The molecule has 4 heterocycles. The second-order valence-corrected chi connectivity index (χ2v) is 10.9. The van der Waals surface area contributed by atoms with Gasteiger partial charge in [-0.05, 0) is 26.0 Å². The van der Waals surface area contributed by atoms with Crippen molar-refractivity contribution in [1.29, 1.82) is 0 Å². The van der Waals surface area contributed by atoms with Crippen molar-refractivity contribution in [2.24, 2.45) is 0 Å². The summed E-state index contributed by atoms with van der Waals surface area (Å²) in [6.07, 6.45) is 3.26. The number of amides is 1. The Kier molecular flexibility index (Phi) is 6.26. The lowest BCUT2D eigenvalue weighted by atomic mass is 10.3. The summed E-state index contributed by atoms with van der Waals surface area (Å²) in [5, 5.41) is 2.69. The van der Waals surface area contributed by atoms with Gasteiger partial charge in [0.15, 0.2) is 0 Å². The Bertz CT molecular complexity index is 1230. The number of thiophene rings is 1. The summed E-state index contributed by atoms with van der Waals surface area (Å²) in [4.78, 5) is 27.0. The number of aryl methyl sites for hydroxylation is 1. The van der Waals surface area contributed by atoms with Crippen molar-refractivity contribution in [2.45, 2.75) is 31.5 Å². The van der Waals surface area contributed by atoms with E-state index < -0.39 is 10.0 Å². The molecule has 1 fully saturated rings. The molecule has 0 atom stereocenters. The van der Waals surface area contributed by atoms with Crippen molar-refractivity contribution >= 4 is 33.1 Å². The van der Waals surface area contributed by atoms with Gasteiger partial charge in [-0.15, -0.1) is 11.3 Å². The molecular weight excluding hydrogens is 450 g/mol. The summed E-state index contributed by atoms with van der Waals surface area (Å²) < 4.78 is 29.8. The maximum atomic E-state index is 13.1. The minimum atomic E-state index is -3.57. The third kappa shape index (κ3) is 4.52. The summed E-state index contributed by atoms with van der Waals surface area (Å²) in [5.41, 5.74) is 1.96. The Morgan fingerprint density at radius 1 is 1.09 bits per heavy atom. The molecule has 0 unspecified atom stereocenters. The number of carbonyl (C=O) groups excluding carboxylic acids is 1. The minimum absolute atomic E-state index is 0.148. The van der Waals surface area contributed by atoms with E-state index in [2.05, 4.69) is 25.2 Å². The van der Waals surface area contributed by atoms with E-state index in [1.54, 1.807) is 18.5 Å². The third-order valence-electron chi connectivity index (χ3n) is 5.44. The molecule has 1 N–H and O–H groups in total. The van der Waals surface area contributed by atoms with Crippen LogP contribution in [0.5, 0.6) is 0 Å². The standard InChI is InChI=1S/C20H25N7O3S2/c1-14-15(2)27(13-24-14)19-10-18(22-12-23-19)25-6-8-26(9-7-25)32(29,30)20-5-4-17(31-20)11-21-16(3)28/h4-5,10,12-13H,6-9,11H2,1-3H3,(H,21,28). The Balaban J connectivity index is 1.43. The van der Waals surface area contributed by atoms with E-state index in [0.29, 0.717) is 36.9 Å². The molecule has 1 saturated heterocycles. The zero-order valence-electron chi connectivity index (χ0n) is 18.1. The maximum absolute atomic E-state index is 13.1. The highest BCUT2D eigenvalue weighted by molar-refractivity contribution is 7.91. The first kappa shape index (κ1) is 22.4. The van der Waals surface area contributed by atoms with Crippen molar-refractivity contribution in [3.8, 4) is 5.82 Å². The lowest BCUT2D eigenvalue weighted by molar-refractivity contribution is -0.119. The van der Waals surface area contributed by atoms with Gasteiger partial charge in [0.2, 0.25) is 5.91 Å². The fourth-order valence-electron chi connectivity index (χ4n) is 3.46. The largest absolute Gasteiger partial charge is 0.354 e. The predicted octanol–water partition coefficient (Wildman–Crippen LogP) is 1.49. The van der Waals surface area contributed by atoms with Gasteiger partial charge >= 0.3 is 0 Å². The first-order valence-electron chi connectivity index (χ1n) is 10.2. The number of imidazole rings is 1. The first-order valence-corrected chi connectivity index (χ1v) is 12.4. The first-order chi connectivity index (χ1) is 15.3. The zero-order valence-corrected chi connectivity index (χ0v) is 19.8. The molecule has 3 aromatic rings. The molecule has 1 aliphatic heterocycles. The van der Waals surface area contributed by atoms with Gasteiger partial charge in [0.05, 0.1) is 12.2 Å². The summed E-state index contributed by atoms with van der Waals surface area (Å²) in [6.45, 7) is 7.49. The molecule has 170 valence electrons. The molecule has 0 bridgehead atoms. The van der Waals surface area contributed by atoms with Crippen LogP contribution in [0.3, 0.4) is 0 Å². The molecule has 3 aromatic heterocycles. The molecule has 0 saturated carbocycles. The van der Waals surface area contributed by atoms with Gasteiger partial charge in [0.25, 0.3) is 10.0 Å². The summed E-state index contributed by atoms with van der Waals surface area (Å²) in [6, 6.07) is 5.24. The highest BCUT2D eigenvalue weighted by Gasteiger charge is 2.30. The van der Waals surface area contributed by atoms with E-state index in [1.165, 1.54) is 28.9 Å². The molecule has 0 spiro atoms. The highest BCUT2D eigenvalue weighted by atomic mass is 32.2. The fourth-order valence-corrected chi connectivity index (χ4v) is 6.33. The van der Waals surface area contributed by atoms with E-state index in [9.17, 15) is 13.2 Å². The molecule has 1 amide bonds. The maximum Gasteiger partial charge on any atom is 0.252 e. The highest BCUT2D eigenvalue weighted by Crippen LogP contribution is 2.27. The summed E-state index contributed by atoms with van der Waals surface area (Å²) >= 11 is 1.19. The molecule has 0 radical (unpaired) electrons. The van der Waals surface area contributed by atoms with Crippen molar-refractivity contribution in [3.05, 3.63) is 47.1 Å². The molecule has 0 aromatic carbocycles. The number of rotatable bonds is 6. The summed E-state index contributed by atoms with van der Waals surface area (Å²) in [5.74, 6) is 1.34. The van der Waals surface area contributed by atoms with E-state index in [1.807, 2.05) is 24.5 Å². The Morgan fingerprint density at radius 3 is 2.47 bits per heavy atom. The Labute approximate surface area is 191 Å². The van der Waals surface area contributed by atoms with Crippen molar-refractivity contribution in [2.75, 3.05) is 31.1 Å². The van der Waals surface area contributed by atoms with E-state index >= 15 is 0 Å². The third-order valence-corrected chi connectivity index (χ3v) is 8.89. The number of hydrogen-bond acceptors (Lipinski definition) is 8. The van der Waals surface area contributed by atoms with Crippen LogP contribution in [0.15, 0.2) is 35.1 Å². The van der Waals surface area contributed by atoms with Gasteiger partial charge in [-0.3, -0.25) is 9.36 Å². The molecule has 32 heavy (non-hydrogen) atoms. The number of piperazine rings is 1. The molecular formula is C20H25N7O3S2. The molecule has 0 aliphatic carbocycles. The number of aromatic nitrogens is 4. The van der Waals surface area contributed by atoms with Crippen molar-refractivity contribution < 1.29 is 13.2 Å². The Hall–Kier alpha value is -2.83. The second-order valence-electron chi connectivity index (χ2n) is 7.54. The number of nitrogens with one attached hydrogen (secondary N) is 1. The van der Waals surface area contributed by atoms with Crippen LogP contribution in [-0.2, 0) is 21.4 Å². The fraction of sp³-hybridized carbons (Fsp3) is 0.400. The van der Waals surface area contributed by atoms with Gasteiger partial charge in [-0.2, -0.15) is 4.31 Å². The quantitative estimate of drug-likeness (QED) is 0.575. The van der Waals surface area contributed by atoms with Crippen molar-refractivity contribution in [1.82, 2.24) is 29.1 Å². The lowest BCUT2D eigenvalue weighted by Crippen LogP contribution is -2.48. The number of sulfonamides is 1. The van der Waals surface area contributed by atoms with Crippen LogP contribution >= 0.6 is 11.3 Å².